The van der Waals surface area contributed by atoms with E-state index in [4.69, 9.17) is 4.74 Å². The van der Waals surface area contributed by atoms with E-state index < -0.39 is 23.6 Å². The van der Waals surface area contributed by atoms with E-state index in [1.807, 2.05) is 0 Å². The van der Waals surface area contributed by atoms with Gasteiger partial charge < -0.3 is 4.74 Å². The number of hydrogen-bond donors (Lipinski definition) is 1. The van der Waals surface area contributed by atoms with Gasteiger partial charge in [0.25, 0.3) is 11.8 Å². The lowest BCUT2D eigenvalue weighted by Gasteiger charge is -2.15. The molecule has 0 spiro atoms. The molecule has 0 unspecified atom stereocenters. The third kappa shape index (κ3) is 4.81. The first kappa shape index (κ1) is 20.1. The maximum Gasteiger partial charge on any atom is 0.416 e. The highest BCUT2D eigenvalue weighted by Crippen LogP contribution is 2.32. The molecule has 2 heterocycles. The van der Waals surface area contributed by atoms with E-state index >= 15 is 0 Å². The number of alkyl halides is 3. The van der Waals surface area contributed by atoms with Crippen molar-refractivity contribution in [2.24, 2.45) is 0 Å². The minimum Gasteiger partial charge on any atom is -0.499 e. The van der Waals surface area contributed by atoms with E-state index in [0.717, 1.165) is 23.2 Å². The quantitative estimate of drug-likeness (QED) is 0.768. The lowest BCUT2D eigenvalue weighted by Crippen LogP contribution is -2.42. The van der Waals surface area contributed by atoms with Gasteiger partial charge in [0, 0.05) is 23.9 Å². The second kappa shape index (κ2) is 7.78. The number of hydrogen-bond acceptors (Lipinski definition) is 5. The third-order valence-corrected chi connectivity index (χ3v) is 3.92. The Balaban J connectivity index is 1.69. The molecule has 0 radical (unpaired) electrons. The maximum absolute atomic E-state index is 13.0. The summed E-state index contributed by atoms with van der Waals surface area (Å²) in [4.78, 5) is 27.6. The number of nitrogens with zero attached hydrogens (tertiary/aromatic N) is 4. The number of halogens is 3. The molecule has 0 fully saturated rings. The first-order valence-corrected chi connectivity index (χ1v) is 8.31. The van der Waals surface area contributed by atoms with Crippen LogP contribution < -0.4 is 5.43 Å². The van der Waals surface area contributed by atoms with Crippen molar-refractivity contribution in [1.29, 1.82) is 0 Å². The highest BCUT2D eigenvalue weighted by atomic mass is 19.4. The Morgan fingerprint density at radius 2 is 2.07 bits per heavy atom. The summed E-state index contributed by atoms with van der Waals surface area (Å²) in [5.74, 6) is -0.535. The Morgan fingerprint density at radius 3 is 2.72 bits per heavy atom. The van der Waals surface area contributed by atoms with Gasteiger partial charge in [0.05, 0.1) is 12.7 Å². The van der Waals surface area contributed by atoms with Gasteiger partial charge in [-0.15, -0.1) is 5.10 Å². The fourth-order valence-electron chi connectivity index (χ4n) is 2.58. The summed E-state index contributed by atoms with van der Waals surface area (Å²) in [6.45, 7) is 1.65. The summed E-state index contributed by atoms with van der Waals surface area (Å²) in [6.07, 6.45) is 0.391. The monoisotopic (exact) mass is 407 g/mol. The number of aryl methyl sites for hydroxylation is 1. The number of amides is 2. The van der Waals surface area contributed by atoms with Gasteiger partial charge >= 0.3 is 6.18 Å². The van der Waals surface area contributed by atoms with Crippen molar-refractivity contribution in [2.75, 3.05) is 13.7 Å². The Hall–Kier alpha value is -3.63. The zero-order valence-electron chi connectivity index (χ0n) is 15.4. The van der Waals surface area contributed by atoms with Gasteiger partial charge in [0.1, 0.15) is 18.6 Å². The minimum atomic E-state index is -4.48. The van der Waals surface area contributed by atoms with Gasteiger partial charge in [0.2, 0.25) is 0 Å². The van der Waals surface area contributed by atoms with E-state index in [9.17, 15) is 22.8 Å². The van der Waals surface area contributed by atoms with Crippen LogP contribution in [-0.2, 0) is 20.5 Å². The molecule has 0 bridgehead atoms. The van der Waals surface area contributed by atoms with Crippen LogP contribution in [0.4, 0.5) is 13.2 Å². The molecule has 11 heteroatoms. The van der Waals surface area contributed by atoms with Crippen molar-refractivity contribution in [3.8, 4) is 11.4 Å². The summed E-state index contributed by atoms with van der Waals surface area (Å²) in [5, 5.41) is 5.12. The molecule has 0 atom stereocenters. The van der Waals surface area contributed by atoms with Gasteiger partial charge in [-0.3, -0.25) is 15.0 Å². The number of methoxy groups -OCH3 is 1. The zero-order chi connectivity index (χ0) is 21.2. The van der Waals surface area contributed by atoms with Crippen LogP contribution in [-0.4, -0.2) is 45.2 Å². The number of ether oxygens (including phenoxy) is 1. The minimum absolute atomic E-state index is 0.0768. The number of carbonyl (C=O) groups is 2. The Bertz CT molecular complexity index is 1010. The molecule has 2 aromatic rings. The van der Waals surface area contributed by atoms with Crippen LogP contribution in [0.15, 0.2) is 42.4 Å². The molecule has 3 rings (SSSR count). The normalized spacial score (nSPS) is 14.4. The Labute approximate surface area is 163 Å². The van der Waals surface area contributed by atoms with Gasteiger partial charge in [-0.05, 0) is 30.7 Å². The number of carbonyl (C=O) groups excluding carboxylic acids is 2. The van der Waals surface area contributed by atoms with Crippen LogP contribution in [0.3, 0.4) is 0 Å². The molecule has 1 N–H and O–H groups in total. The van der Waals surface area contributed by atoms with Crippen molar-refractivity contribution in [3.63, 3.8) is 0 Å². The van der Waals surface area contributed by atoms with Gasteiger partial charge in [-0.1, -0.05) is 0 Å². The predicted octanol–water partition coefficient (Wildman–Crippen LogP) is 2.15. The maximum atomic E-state index is 13.0. The number of benzene rings is 1. The molecular formula is C18H16F3N5O3. The van der Waals surface area contributed by atoms with Crippen molar-refractivity contribution in [1.82, 2.24) is 25.2 Å². The van der Waals surface area contributed by atoms with Crippen molar-refractivity contribution in [3.05, 3.63) is 53.6 Å². The molecule has 1 aromatic carbocycles. The lowest BCUT2D eigenvalue weighted by atomic mass is 10.1. The molecule has 8 nitrogen and oxygen atoms in total. The van der Waals surface area contributed by atoms with Crippen LogP contribution in [0, 0.1) is 6.92 Å². The number of rotatable bonds is 5. The van der Waals surface area contributed by atoms with Crippen molar-refractivity contribution < 1.29 is 27.5 Å². The number of aromatic nitrogens is 3. The molecule has 0 saturated carbocycles. The zero-order valence-corrected chi connectivity index (χ0v) is 15.4. The van der Waals surface area contributed by atoms with E-state index in [0.29, 0.717) is 11.3 Å². The first-order chi connectivity index (χ1) is 13.7. The summed E-state index contributed by atoms with van der Waals surface area (Å²) in [7, 11) is 1.42. The van der Waals surface area contributed by atoms with E-state index in [-0.39, 0.29) is 17.9 Å². The molecule has 29 heavy (non-hydrogen) atoms. The number of hydrazine groups is 1. The average molecular weight is 407 g/mol. The van der Waals surface area contributed by atoms with E-state index in [2.05, 4.69) is 15.5 Å². The van der Waals surface area contributed by atoms with Crippen LogP contribution in [0.25, 0.3) is 17.6 Å². The van der Waals surface area contributed by atoms with Crippen LogP contribution >= 0.6 is 0 Å². The standard InChI is InChI=1S/C18H16F3N5O3/c1-11-5-12(7-13(6-11)18(19,20)21)17-22-10-25(24-17)4-3-15(27)23-26-9-14(29-2)8-16(26)28/h3-8,10H,9H2,1-2H3,(H,23,27)/b4-3-. The molecule has 1 aliphatic heterocycles. The highest BCUT2D eigenvalue weighted by Gasteiger charge is 2.31. The summed E-state index contributed by atoms with van der Waals surface area (Å²) in [6, 6.07) is 3.53. The van der Waals surface area contributed by atoms with Crippen LogP contribution in [0.2, 0.25) is 0 Å². The fraction of sp³-hybridized carbons (Fsp3) is 0.222. The van der Waals surface area contributed by atoms with Gasteiger partial charge in [0.15, 0.2) is 5.82 Å². The largest absolute Gasteiger partial charge is 0.499 e. The van der Waals surface area contributed by atoms with E-state index in [1.165, 1.54) is 36.5 Å². The number of nitrogens with one attached hydrogen (secondary N) is 1. The third-order valence-electron chi connectivity index (χ3n) is 3.92. The van der Waals surface area contributed by atoms with Crippen molar-refractivity contribution in [2.45, 2.75) is 13.1 Å². The van der Waals surface area contributed by atoms with Crippen LogP contribution in [0.5, 0.6) is 0 Å². The Morgan fingerprint density at radius 1 is 1.31 bits per heavy atom. The van der Waals surface area contributed by atoms with Gasteiger partial charge in [-0.25, -0.2) is 14.7 Å². The average Bonchev–Trinajstić information content (AvgIpc) is 3.26. The smallest absolute Gasteiger partial charge is 0.416 e. The highest BCUT2D eigenvalue weighted by molar-refractivity contribution is 5.95. The first-order valence-electron chi connectivity index (χ1n) is 8.31. The summed E-state index contributed by atoms with van der Waals surface area (Å²) < 4.78 is 45.1. The second-order valence-electron chi connectivity index (χ2n) is 6.16. The Kier molecular flexibility index (Phi) is 5.39. The topological polar surface area (TPSA) is 89.4 Å². The molecular weight excluding hydrogens is 391 g/mol. The predicted molar refractivity (Wildman–Crippen MR) is 95.5 cm³/mol. The van der Waals surface area contributed by atoms with E-state index in [1.54, 1.807) is 6.92 Å². The van der Waals surface area contributed by atoms with Crippen molar-refractivity contribution >= 4 is 18.0 Å². The second-order valence-corrected chi connectivity index (χ2v) is 6.16. The molecule has 1 aliphatic rings. The lowest BCUT2D eigenvalue weighted by molar-refractivity contribution is -0.137. The fourth-order valence-corrected chi connectivity index (χ4v) is 2.58. The summed E-state index contributed by atoms with van der Waals surface area (Å²) >= 11 is 0. The molecule has 152 valence electrons. The SMILES string of the molecule is COC1=CC(=O)N(NC(=O)/C=C\n2cnc(-c3cc(C)cc(C(F)(F)F)c3)n2)C1. The molecule has 1 aromatic heterocycles. The molecule has 2 amide bonds. The molecule has 0 saturated heterocycles. The van der Waals surface area contributed by atoms with Gasteiger partial charge in [-0.2, -0.15) is 13.2 Å². The molecule has 0 aliphatic carbocycles. The summed E-state index contributed by atoms with van der Waals surface area (Å²) in [5.41, 5.74) is 2.20. The van der Waals surface area contributed by atoms with Crippen LogP contribution in [0.1, 0.15) is 11.1 Å².